The lowest BCUT2D eigenvalue weighted by Gasteiger charge is -2.17. The highest BCUT2D eigenvalue weighted by molar-refractivity contribution is 5.54. The van der Waals surface area contributed by atoms with E-state index in [9.17, 15) is 0 Å². The Kier molecular flexibility index (Phi) is 10.1. The number of anilines is 1. The molecule has 0 saturated carbocycles. The minimum Gasteiger partial charge on any atom is -0.491 e. The van der Waals surface area contributed by atoms with Crippen molar-refractivity contribution < 1.29 is 29.2 Å². The Morgan fingerprint density at radius 3 is 1.61 bits per heavy atom. The Morgan fingerprint density at radius 1 is 0.739 bits per heavy atom. The number of hydrogen-bond donors (Lipinski definition) is 2. The summed E-state index contributed by atoms with van der Waals surface area (Å²) in [6.07, 6.45) is 0. The van der Waals surface area contributed by atoms with Gasteiger partial charge in [0, 0.05) is 38.0 Å². The zero-order valence-corrected chi connectivity index (χ0v) is 13.9. The topological polar surface area (TPSA) is 80.6 Å². The number of aliphatic hydroxyl groups is 2. The van der Waals surface area contributed by atoms with Crippen LogP contribution in [0, 0.1) is 0 Å². The lowest BCUT2D eigenvalue weighted by molar-refractivity contribution is 0.0689. The molecule has 0 aliphatic carbocycles. The first kappa shape index (κ1) is 19.5. The molecule has 0 amide bonds. The number of ether oxygens (including phenoxy) is 4. The summed E-state index contributed by atoms with van der Waals surface area (Å²) in [4.78, 5) is 1.96. The van der Waals surface area contributed by atoms with Crippen molar-refractivity contribution >= 4 is 5.69 Å². The molecule has 7 heteroatoms. The van der Waals surface area contributed by atoms with Crippen LogP contribution in [-0.2, 0) is 9.47 Å². The SMILES string of the molecule is CN(C)c1cc(OCCOCCO)cc(OCCOCCO)c1. The van der Waals surface area contributed by atoms with E-state index in [0.717, 1.165) is 5.69 Å². The minimum absolute atomic E-state index is 0.00640. The first-order valence-corrected chi connectivity index (χ1v) is 7.62. The van der Waals surface area contributed by atoms with Crippen molar-refractivity contribution in [2.75, 3.05) is 71.9 Å². The molecule has 0 heterocycles. The molecule has 1 rings (SSSR count). The van der Waals surface area contributed by atoms with Gasteiger partial charge in [-0.1, -0.05) is 0 Å². The number of aliphatic hydroxyl groups excluding tert-OH is 2. The van der Waals surface area contributed by atoms with Crippen molar-refractivity contribution in [1.29, 1.82) is 0 Å². The molecule has 0 atom stereocenters. The quantitative estimate of drug-likeness (QED) is 0.511. The monoisotopic (exact) mass is 329 g/mol. The van der Waals surface area contributed by atoms with E-state index in [-0.39, 0.29) is 13.2 Å². The molecular weight excluding hydrogens is 302 g/mol. The van der Waals surface area contributed by atoms with Gasteiger partial charge in [-0.2, -0.15) is 0 Å². The molecule has 23 heavy (non-hydrogen) atoms. The van der Waals surface area contributed by atoms with Gasteiger partial charge in [0.15, 0.2) is 0 Å². The second-order valence-corrected chi connectivity index (χ2v) is 4.93. The largest absolute Gasteiger partial charge is 0.491 e. The molecule has 0 spiro atoms. The highest BCUT2D eigenvalue weighted by Gasteiger charge is 2.05. The molecule has 7 nitrogen and oxygen atoms in total. The van der Waals surface area contributed by atoms with Crippen LogP contribution in [-0.4, -0.2) is 77.2 Å². The van der Waals surface area contributed by atoms with Gasteiger partial charge in [0.2, 0.25) is 0 Å². The van der Waals surface area contributed by atoms with Crippen LogP contribution < -0.4 is 14.4 Å². The smallest absolute Gasteiger partial charge is 0.125 e. The molecule has 0 unspecified atom stereocenters. The van der Waals surface area contributed by atoms with Crippen molar-refractivity contribution in [1.82, 2.24) is 0 Å². The van der Waals surface area contributed by atoms with Gasteiger partial charge in [-0.25, -0.2) is 0 Å². The fourth-order valence-electron chi connectivity index (χ4n) is 1.75. The lowest BCUT2D eigenvalue weighted by Crippen LogP contribution is -2.12. The molecule has 0 radical (unpaired) electrons. The summed E-state index contributed by atoms with van der Waals surface area (Å²) in [7, 11) is 3.88. The Labute approximate surface area is 137 Å². The van der Waals surface area contributed by atoms with Crippen LogP contribution in [0.25, 0.3) is 0 Å². The standard InChI is InChI=1S/C16H27NO6/c1-17(2)14-11-15(22-9-7-20-5-3-18)13-16(12-14)23-10-8-21-6-4-19/h11-13,18-19H,3-10H2,1-2H3. The van der Waals surface area contributed by atoms with Gasteiger partial charge >= 0.3 is 0 Å². The maximum absolute atomic E-state index is 8.64. The average molecular weight is 329 g/mol. The van der Waals surface area contributed by atoms with Gasteiger partial charge in [0.05, 0.1) is 39.6 Å². The first-order valence-electron chi connectivity index (χ1n) is 7.62. The molecule has 0 fully saturated rings. The summed E-state index contributed by atoms with van der Waals surface area (Å²) in [6.45, 7) is 2.26. The third-order valence-electron chi connectivity index (χ3n) is 2.85. The van der Waals surface area contributed by atoms with Crippen molar-refractivity contribution in [3.05, 3.63) is 18.2 Å². The van der Waals surface area contributed by atoms with E-state index in [2.05, 4.69) is 0 Å². The predicted molar refractivity (Wildman–Crippen MR) is 87.6 cm³/mol. The molecule has 0 aromatic heterocycles. The van der Waals surface area contributed by atoms with Crippen LogP contribution in [0.15, 0.2) is 18.2 Å². The van der Waals surface area contributed by atoms with E-state index < -0.39 is 0 Å². The van der Waals surface area contributed by atoms with Crippen LogP contribution in [0.1, 0.15) is 0 Å². The minimum atomic E-state index is 0.00640. The molecule has 132 valence electrons. The highest BCUT2D eigenvalue weighted by atomic mass is 16.5. The van der Waals surface area contributed by atoms with Crippen LogP contribution in [0.3, 0.4) is 0 Å². The Hall–Kier alpha value is -1.54. The number of nitrogens with zero attached hydrogens (tertiary/aromatic N) is 1. The molecule has 0 aliphatic heterocycles. The fourth-order valence-corrected chi connectivity index (χ4v) is 1.75. The average Bonchev–Trinajstić information content (AvgIpc) is 2.54. The summed E-state index contributed by atoms with van der Waals surface area (Å²) in [6, 6.07) is 5.65. The summed E-state index contributed by atoms with van der Waals surface area (Å²) < 4.78 is 21.6. The van der Waals surface area contributed by atoms with E-state index in [1.165, 1.54) is 0 Å². The van der Waals surface area contributed by atoms with Gasteiger partial charge < -0.3 is 34.1 Å². The second-order valence-electron chi connectivity index (χ2n) is 4.93. The molecule has 0 bridgehead atoms. The Balaban J connectivity index is 2.52. The number of hydrogen-bond acceptors (Lipinski definition) is 7. The first-order chi connectivity index (χ1) is 11.2. The zero-order valence-electron chi connectivity index (χ0n) is 13.9. The van der Waals surface area contributed by atoms with Crippen molar-refractivity contribution in [2.24, 2.45) is 0 Å². The van der Waals surface area contributed by atoms with Crippen LogP contribution in [0.2, 0.25) is 0 Å². The summed E-state index contributed by atoms with van der Waals surface area (Å²) >= 11 is 0. The molecule has 0 aliphatic rings. The van der Waals surface area contributed by atoms with E-state index >= 15 is 0 Å². The van der Waals surface area contributed by atoms with E-state index in [0.29, 0.717) is 51.1 Å². The van der Waals surface area contributed by atoms with Gasteiger partial charge in [-0.05, 0) is 0 Å². The molecule has 1 aromatic carbocycles. The third kappa shape index (κ3) is 8.61. The number of benzene rings is 1. The molecule has 2 N–H and O–H groups in total. The van der Waals surface area contributed by atoms with Crippen molar-refractivity contribution in [3.8, 4) is 11.5 Å². The fraction of sp³-hybridized carbons (Fsp3) is 0.625. The van der Waals surface area contributed by atoms with Crippen LogP contribution in [0.4, 0.5) is 5.69 Å². The van der Waals surface area contributed by atoms with E-state index in [4.69, 9.17) is 29.2 Å². The number of rotatable bonds is 13. The van der Waals surface area contributed by atoms with Crippen LogP contribution in [0.5, 0.6) is 11.5 Å². The lowest BCUT2D eigenvalue weighted by atomic mass is 10.2. The maximum atomic E-state index is 8.64. The van der Waals surface area contributed by atoms with E-state index in [1.54, 1.807) is 0 Å². The van der Waals surface area contributed by atoms with Gasteiger partial charge in [-0.15, -0.1) is 0 Å². The highest BCUT2D eigenvalue weighted by Crippen LogP contribution is 2.27. The normalized spacial score (nSPS) is 10.6. The van der Waals surface area contributed by atoms with Crippen molar-refractivity contribution in [2.45, 2.75) is 0 Å². The summed E-state index contributed by atoms with van der Waals surface area (Å²) in [5.41, 5.74) is 0.963. The van der Waals surface area contributed by atoms with Gasteiger partial charge in [-0.3, -0.25) is 0 Å². The molecule has 1 aromatic rings. The second kappa shape index (κ2) is 12.0. The zero-order chi connectivity index (χ0) is 16.9. The van der Waals surface area contributed by atoms with Gasteiger partial charge in [0.1, 0.15) is 24.7 Å². The molecule has 0 saturated heterocycles. The predicted octanol–water partition coefficient (Wildman–Crippen LogP) is 0.528. The molecular formula is C16H27NO6. The van der Waals surface area contributed by atoms with Crippen LogP contribution >= 0.6 is 0 Å². The third-order valence-corrected chi connectivity index (χ3v) is 2.85. The Morgan fingerprint density at radius 2 is 1.22 bits per heavy atom. The van der Waals surface area contributed by atoms with Crippen molar-refractivity contribution in [3.63, 3.8) is 0 Å². The summed E-state index contributed by atoms with van der Waals surface area (Å²) in [5.74, 6) is 1.38. The maximum Gasteiger partial charge on any atom is 0.125 e. The van der Waals surface area contributed by atoms with Gasteiger partial charge in [0.25, 0.3) is 0 Å². The Bertz CT molecular complexity index is 395. The van der Waals surface area contributed by atoms with E-state index in [1.807, 2.05) is 37.2 Å². The summed E-state index contributed by atoms with van der Waals surface area (Å²) in [5, 5.41) is 17.3.